The highest BCUT2D eigenvalue weighted by atomic mass is 35.5. The van der Waals surface area contributed by atoms with Crippen molar-refractivity contribution >= 4 is 35.0 Å². The van der Waals surface area contributed by atoms with Crippen LogP contribution in [0, 0.1) is 0 Å². The number of carboxylic acids is 1. The zero-order valence-corrected chi connectivity index (χ0v) is 11.8. The SMILES string of the molecule is O=C(O)c1cc(O)c(O)cc1C(=O)c1cc(Cl)ccc1Cl. The van der Waals surface area contributed by atoms with E-state index < -0.39 is 28.8 Å². The van der Waals surface area contributed by atoms with Gasteiger partial charge >= 0.3 is 5.97 Å². The number of carbonyl (C=O) groups is 2. The van der Waals surface area contributed by atoms with E-state index in [1.54, 1.807) is 0 Å². The van der Waals surface area contributed by atoms with E-state index in [0.29, 0.717) is 0 Å². The van der Waals surface area contributed by atoms with Gasteiger partial charge in [-0.1, -0.05) is 23.2 Å². The molecule has 3 N–H and O–H groups in total. The number of hydrogen-bond acceptors (Lipinski definition) is 4. The normalized spacial score (nSPS) is 10.4. The Kier molecular flexibility index (Phi) is 4.06. The summed E-state index contributed by atoms with van der Waals surface area (Å²) in [5.74, 6) is -3.40. The summed E-state index contributed by atoms with van der Waals surface area (Å²) in [6.45, 7) is 0. The third-order valence-corrected chi connectivity index (χ3v) is 3.33. The second kappa shape index (κ2) is 5.63. The van der Waals surface area contributed by atoms with Gasteiger partial charge in [-0.3, -0.25) is 4.79 Å². The average Bonchev–Trinajstić information content (AvgIpc) is 2.43. The summed E-state index contributed by atoms with van der Waals surface area (Å²) in [6.07, 6.45) is 0. The molecule has 5 nitrogen and oxygen atoms in total. The van der Waals surface area contributed by atoms with Gasteiger partial charge in [0.25, 0.3) is 0 Å². The molecule has 2 aromatic carbocycles. The quantitative estimate of drug-likeness (QED) is 0.594. The molecule has 0 aliphatic rings. The highest BCUT2D eigenvalue weighted by Gasteiger charge is 2.22. The minimum absolute atomic E-state index is 0.00300. The second-order valence-electron chi connectivity index (χ2n) is 4.14. The van der Waals surface area contributed by atoms with Crippen LogP contribution in [0.5, 0.6) is 11.5 Å². The molecule has 0 bridgehead atoms. The van der Waals surface area contributed by atoms with Crippen molar-refractivity contribution in [3.63, 3.8) is 0 Å². The fraction of sp³-hybridized carbons (Fsp3) is 0. The van der Waals surface area contributed by atoms with Crippen molar-refractivity contribution in [2.45, 2.75) is 0 Å². The predicted octanol–water partition coefficient (Wildman–Crippen LogP) is 3.33. The van der Waals surface area contributed by atoms with Crippen LogP contribution in [0.4, 0.5) is 0 Å². The van der Waals surface area contributed by atoms with Crippen molar-refractivity contribution in [1.29, 1.82) is 0 Å². The maximum atomic E-state index is 12.4. The summed E-state index contributed by atoms with van der Waals surface area (Å²) in [6, 6.07) is 5.84. The maximum absolute atomic E-state index is 12.4. The number of phenolic OH excluding ortho intramolecular Hbond substituents is 2. The van der Waals surface area contributed by atoms with Crippen molar-refractivity contribution in [3.8, 4) is 11.5 Å². The first-order chi connectivity index (χ1) is 9.81. The summed E-state index contributed by atoms with van der Waals surface area (Å²) in [5, 5.41) is 28.3. The Hall–Kier alpha value is -2.24. The van der Waals surface area contributed by atoms with Gasteiger partial charge in [-0.15, -0.1) is 0 Å². The molecule has 0 saturated carbocycles. The summed E-state index contributed by atoms with van der Waals surface area (Å²) in [4.78, 5) is 23.6. The smallest absolute Gasteiger partial charge is 0.336 e. The van der Waals surface area contributed by atoms with E-state index in [1.807, 2.05) is 0 Å². The average molecular weight is 327 g/mol. The van der Waals surface area contributed by atoms with Crippen molar-refractivity contribution in [1.82, 2.24) is 0 Å². The van der Waals surface area contributed by atoms with Gasteiger partial charge in [0.1, 0.15) is 0 Å². The van der Waals surface area contributed by atoms with Crippen LogP contribution in [0.15, 0.2) is 30.3 Å². The van der Waals surface area contributed by atoms with E-state index >= 15 is 0 Å². The third-order valence-electron chi connectivity index (χ3n) is 2.76. The molecule has 0 fully saturated rings. The highest BCUT2D eigenvalue weighted by Crippen LogP contribution is 2.31. The van der Waals surface area contributed by atoms with Gasteiger partial charge in [0.2, 0.25) is 0 Å². The summed E-state index contributed by atoms with van der Waals surface area (Å²) < 4.78 is 0. The molecule has 0 radical (unpaired) electrons. The fourth-order valence-electron chi connectivity index (χ4n) is 1.76. The van der Waals surface area contributed by atoms with Crippen molar-refractivity contribution in [2.24, 2.45) is 0 Å². The molecule has 21 heavy (non-hydrogen) atoms. The molecule has 7 heteroatoms. The number of carbonyl (C=O) groups excluding carboxylic acids is 1. The highest BCUT2D eigenvalue weighted by molar-refractivity contribution is 6.37. The van der Waals surface area contributed by atoms with Gasteiger partial charge in [-0.05, 0) is 30.3 Å². The van der Waals surface area contributed by atoms with Gasteiger partial charge in [-0.25, -0.2) is 4.79 Å². The van der Waals surface area contributed by atoms with Crippen LogP contribution in [-0.2, 0) is 0 Å². The Labute approximate surface area is 129 Å². The largest absolute Gasteiger partial charge is 0.504 e. The van der Waals surface area contributed by atoms with E-state index in [4.69, 9.17) is 28.3 Å². The molecular weight excluding hydrogens is 319 g/mol. The van der Waals surface area contributed by atoms with Crippen LogP contribution >= 0.6 is 23.2 Å². The lowest BCUT2D eigenvalue weighted by Crippen LogP contribution is -2.10. The van der Waals surface area contributed by atoms with Gasteiger partial charge in [-0.2, -0.15) is 0 Å². The molecule has 0 unspecified atom stereocenters. The predicted molar refractivity (Wildman–Crippen MR) is 76.6 cm³/mol. The van der Waals surface area contributed by atoms with Gasteiger partial charge < -0.3 is 15.3 Å². The zero-order chi connectivity index (χ0) is 15.7. The molecule has 2 aromatic rings. The Balaban J connectivity index is 2.65. The molecule has 0 amide bonds. The van der Waals surface area contributed by atoms with E-state index in [2.05, 4.69) is 0 Å². The zero-order valence-electron chi connectivity index (χ0n) is 10.3. The molecule has 0 aromatic heterocycles. The van der Waals surface area contributed by atoms with Crippen LogP contribution < -0.4 is 0 Å². The Bertz CT molecular complexity index is 755. The fourth-order valence-corrected chi connectivity index (χ4v) is 2.13. The number of ketones is 1. The Morgan fingerprint density at radius 3 is 2.00 bits per heavy atom. The molecule has 0 aliphatic heterocycles. The molecule has 0 saturated heterocycles. The lowest BCUT2D eigenvalue weighted by atomic mass is 9.97. The number of benzene rings is 2. The first kappa shape index (κ1) is 15.2. The summed E-state index contributed by atoms with van der Waals surface area (Å²) >= 11 is 11.7. The first-order valence-corrected chi connectivity index (χ1v) is 6.36. The molecule has 2 rings (SSSR count). The molecule has 0 atom stereocenters. The number of hydrogen-bond donors (Lipinski definition) is 3. The number of aromatic carboxylic acids is 1. The van der Waals surface area contributed by atoms with Crippen LogP contribution in [0.1, 0.15) is 26.3 Å². The minimum Gasteiger partial charge on any atom is -0.504 e. The number of halogens is 2. The summed E-state index contributed by atoms with van der Waals surface area (Å²) in [5.41, 5.74) is -0.759. The Morgan fingerprint density at radius 2 is 1.43 bits per heavy atom. The van der Waals surface area contributed by atoms with Gasteiger partial charge in [0.15, 0.2) is 17.3 Å². The van der Waals surface area contributed by atoms with Crippen LogP contribution in [0.3, 0.4) is 0 Å². The molecule has 108 valence electrons. The molecule has 0 aliphatic carbocycles. The van der Waals surface area contributed by atoms with E-state index in [9.17, 15) is 19.8 Å². The number of phenols is 2. The molecule has 0 heterocycles. The lowest BCUT2D eigenvalue weighted by Gasteiger charge is -2.09. The topological polar surface area (TPSA) is 94.8 Å². The van der Waals surface area contributed by atoms with Gasteiger partial charge in [0.05, 0.1) is 10.6 Å². The van der Waals surface area contributed by atoms with Crippen molar-refractivity contribution < 1.29 is 24.9 Å². The standard InChI is InChI=1S/C14H8Cl2O5/c15-6-1-2-10(16)9(3-6)13(19)7-4-11(17)12(18)5-8(7)14(20)21/h1-5,17-18H,(H,20,21). The lowest BCUT2D eigenvalue weighted by molar-refractivity contribution is 0.0692. The van der Waals surface area contributed by atoms with E-state index in [-0.39, 0.29) is 21.2 Å². The first-order valence-electron chi connectivity index (χ1n) is 5.60. The van der Waals surface area contributed by atoms with E-state index in [1.165, 1.54) is 18.2 Å². The van der Waals surface area contributed by atoms with E-state index in [0.717, 1.165) is 12.1 Å². The maximum Gasteiger partial charge on any atom is 0.336 e. The Morgan fingerprint density at radius 1 is 0.857 bits per heavy atom. The molecule has 0 spiro atoms. The monoisotopic (exact) mass is 326 g/mol. The number of rotatable bonds is 3. The minimum atomic E-state index is -1.42. The second-order valence-corrected chi connectivity index (χ2v) is 4.99. The number of aromatic hydroxyl groups is 2. The summed E-state index contributed by atoms with van der Waals surface area (Å²) in [7, 11) is 0. The van der Waals surface area contributed by atoms with Crippen LogP contribution in [0.2, 0.25) is 10.0 Å². The van der Waals surface area contributed by atoms with Crippen LogP contribution in [0.25, 0.3) is 0 Å². The van der Waals surface area contributed by atoms with Crippen molar-refractivity contribution in [2.75, 3.05) is 0 Å². The van der Waals surface area contributed by atoms with Crippen molar-refractivity contribution in [3.05, 3.63) is 57.1 Å². The number of carboxylic acid groups (broad SMARTS) is 1. The van der Waals surface area contributed by atoms with Gasteiger partial charge in [0, 0.05) is 16.1 Å². The third kappa shape index (κ3) is 2.94. The van der Waals surface area contributed by atoms with Crippen LogP contribution in [-0.4, -0.2) is 27.1 Å². The molecular formula is C14H8Cl2O5.